The summed E-state index contributed by atoms with van der Waals surface area (Å²) in [5.74, 6) is 6.67. The van der Waals surface area contributed by atoms with E-state index in [0.717, 1.165) is 5.56 Å². The molecule has 0 unspecified atom stereocenters. The molecule has 0 aliphatic carbocycles. The van der Waals surface area contributed by atoms with E-state index in [1.807, 2.05) is 36.2 Å². The molecule has 100 valence electrons. The fourth-order valence-corrected chi connectivity index (χ4v) is 1.79. The second-order valence-corrected chi connectivity index (χ2v) is 4.53. The highest BCUT2D eigenvalue weighted by Crippen LogP contribution is 2.18. The molecule has 0 spiro atoms. The number of anilines is 3. The zero-order chi connectivity index (χ0) is 13.8. The molecule has 19 heavy (non-hydrogen) atoms. The van der Waals surface area contributed by atoms with Gasteiger partial charge in [-0.15, -0.1) is 0 Å². The van der Waals surface area contributed by atoms with Crippen molar-refractivity contribution in [3.63, 3.8) is 0 Å². The van der Waals surface area contributed by atoms with Crippen molar-refractivity contribution in [3.05, 3.63) is 40.9 Å². The van der Waals surface area contributed by atoms with Gasteiger partial charge in [0.25, 0.3) is 0 Å². The third-order valence-electron chi connectivity index (χ3n) is 2.60. The Kier molecular flexibility index (Phi) is 4.03. The molecule has 1 aromatic carbocycles. The molecule has 1 aromatic heterocycles. The molecule has 0 aliphatic rings. The summed E-state index contributed by atoms with van der Waals surface area (Å²) in [5.41, 5.74) is 9.20. The first kappa shape index (κ1) is 13.4. The van der Waals surface area contributed by atoms with E-state index in [1.165, 1.54) is 0 Å². The van der Waals surface area contributed by atoms with E-state index in [1.54, 1.807) is 6.07 Å². The van der Waals surface area contributed by atoms with Crippen molar-refractivity contribution in [2.24, 2.45) is 5.84 Å². The van der Waals surface area contributed by atoms with Crippen molar-refractivity contribution in [2.75, 3.05) is 23.1 Å². The number of nitrogens with zero attached hydrogens (tertiary/aromatic N) is 3. The fourth-order valence-electron chi connectivity index (χ4n) is 1.67. The summed E-state index contributed by atoms with van der Waals surface area (Å²) in [4.78, 5) is 10.1. The first-order valence-corrected chi connectivity index (χ1v) is 6.03. The van der Waals surface area contributed by atoms with Crippen LogP contribution in [0.15, 0.2) is 30.3 Å². The Bertz CT molecular complexity index is 557. The summed E-state index contributed by atoms with van der Waals surface area (Å²) >= 11 is 5.85. The van der Waals surface area contributed by atoms with Gasteiger partial charge in [-0.1, -0.05) is 23.7 Å². The Hall–Kier alpha value is -2.05. The highest BCUT2D eigenvalue weighted by molar-refractivity contribution is 6.30. The monoisotopic (exact) mass is 278 g/mol. The summed E-state index contributed by atoms with van der Waals surface area (Å²) in [6.45, 7) is 0.678. The van der Waals surface area contributed by atoms with Crippen molar-refractivity contribution in [1.82, 2.24) is 9.97 Å². The number of hydrogen-bond acceptors (Lipinski definition) is 6. The van der Waals surface area contributed by atoms with E-state index in [0.29, 0.717) is 23.2 Å². The van der Waals surface area contributed by atoms with Crippen LogP contribution in [0.4, 0.5) is 17.6 Å². The molecule has 0 atom stereocenters. The van der Waals surface area contributed by atoms with Crippen LogP contribution in [0.25, 0.3) is 0 Å². The van der Waals surface area contributed by atoms with Crippen molar-refractivity contribution in [1.29, 1.82) is 0 Å². The molecule has 0 bridgehead atoms. The predicted molar refractivity (Wildman–Crippen MR) is 77.8 cm³/mol. The maximum atomic E-state index is 5.85. The summed E-state index contributed by atoms with van der Waals surface area (Å²) in [6, 6.07) is 9.36. The lowest BCUT2D eigenvalue weighted by atomic mass is 10.2. The molecule has 0 amide bonds. The van der Waals surface area contributed by atoms with Gasteiger partial charge in [-0.3, -0.25) is 0 Å². The molecular formula is C12H15ClN6. The first-order chi connectivity index (χ1) is 9.08. The van der Waals surface area contributed by atoms with Gasteiger partial charge in [-0.2, -0.15) is 9.97 Å². The van der Waals surface area contributed by atoms with E-state index in [-0.39, 0.29) is 5.95 Å². The zero-order valence-electron chi connectivity index (χ0n) is 10.5. The quantitative estimate of drug-likeness (QED) is 0.581. The molecule has 0 aliphatic heterocycles. The molecule has 0 radical (unpaired) electrons. The fraction of sp³-hybridized carbons (Fsp3) is 0.167. The average molecular weight is 279 g/mol. The number of hydrogen-bond donors (Lipinski definition) is 3. The average Bonchev–Trinajstić information content (AvgIpc) is 2.40. The van der Waals surface area contributed by atoms with Crippen LogP contribution < -0.4 is 21.9 Å². The molecule has 0 fully saturated rings. The minimum absolute atomic E-state index is 0.174. The number of hydrazine groups is 1. The van der Waals surface area contributed by atoms with Gasteiger partial charge in [0.15, 0.2) is 0 Å². The van der Waals surface area contributed by atoms with Gasteiger partial charge in [0, 0.05) is 24.7 Å². The number of rotatable bonds is 4. The van der Waals surface area contributed by atoms with Crippen molar-refractivity contribution in [3.8, 4) is 0 Å². The van der Waals surface area contributed by atoms with E-state index in [4.69, 9.17) is 23.2 Å². The van der Waals surface area contributed by atoms with E-state index < -0.39 is 0 Å². The first-order valence-electron chi connectivity index (χ1n) is 5.65. The van der Waals surface area contributed by atoms with Crippen LogP contribution in [0.1, 0.15) is 5.56 Å². The minimum Gasteiger partial charge on any atom is -0.368 e. The third kappa shape index (κ3) is 3.46. The molecule has 5 N–H and O–H groups in total. The lowest BCUT2D eigenvalue weighted by molar-refractivity contribution is 0.894. The topological polar surface area (TPSA) is 93.1 Å². The molecule has 0 saturated heterocycles. The van der Waals surface area contributed by atoms with Gasteiger partial charge in [0.1, 0.15) is 11.6 Å². The van der Waals surface area contributed by atoms with Crippen LogP contribution in [0.5, 0.6) is 0 Å². The molecule has 7 heteroatoms. The molecule has 6 nitrogen and oxygen atoms in total. The molecule has 1 heterocycles. The van der Waals surface area contributed by atoms with E-state index in [9.17, 15) is 0 Å². The summed E-state index contributed by atoms with van der Waals surface area (Å²) in [5, 5.41) is 0.715. The Morgan fingerprint density at radius 1 is 1.26 bits per heavy atom. The van der Waals surface area contributed by atoms with Crippen molar-refractivity contribution in [2.45, 2.75) is 6.54 Å². The van der Waals surface area contributed by atoms with Crippen LogP contribution in [0.2, 0.25) is 5.02 Å². The highest BCUT2D eigenvalue weighted by atomic mass is 35.5. The second-order valence-electron chi connectivity index (χ2n) is 4.10. The van der Waals surface area contributed by atoms with Gasteiger partial charge >= 0.3 is 0 Å². The zero-order valence-corrected chi connectivity index (χ0v) is 11.2. The van der Waals surface area contributed by atoms with Gasteiger partial charge in [0.05, 0.1) is 0 Å². The molecule has 0 saturated carbocycles. The van der Waals surface area contributed by atoms with Crippen LogP contribution in [-0.4, -0.2) is 17.0 Å². The van der Waals surface area contributed by atoms with Gasteiger partial charge < -0.3 is 16.1 Å². The minimum atomic E-state index is 0.174. The lowest BCUT2D eigenvalue weighted by Crippen LogP contribution is -2.19. The van der Waals surface area contributed by atoms with Gasteiger partial charge in [-0.25, -0.2) is 5.84 Å². The standard InChI is InChI=1S/C12H15ClN6/c1-19(7-8-2-4-9(13)5-3-8)11-6-10(18-15)16-12(14)17-11/h2-6H,7,15H2,1H3,(H3,14,16,17,18). The molecule has 2 rings (SSSR count). The van der Waals surface area contributed by atoms with Crippen molar-refractivity contribution < 1.29 is 0 Å². The van der Waals surface area contributed by atoms with Crippen LogP contribution in [0, 0.1) is 0 Å². The number of aromatic nitrogens is 2. The number of benzene rings is 1. The summed E-state index contributed by atoms with van der Waals surface area (Å²) < 4.78 is 0. The smallest absolute Gasteiger partial charge is 0.223 e. The molecular weight excluding hydrogens is 264 g/mol. The maximum Gasteiger partial charge on any atom is 0.223 e. The number of nitrogens with two attached hydrogens (primary N) is 2. The Morgan fingerprint density at radius 2 is 1.95 bits per heavy atom. The molecule has 2 aromatic rings. The maximum absolute atomic E-state index is 5.85. The Labute approximate surface area is 116 Å². The second kappa shape index (κ2) is 5.73. The van der Waals surface area contributed by atoms with Crippen molar-refractivity contribution >= 4 is 29.2 Å². The van der Waals surface area contributed by atoms with Crippen LogP contribution in [-0.2, 0) is 6.54 Å². The summed E-state index contributed by atoms with van der Waals surface area (Å²) in [6.07, 6.45) is 0. The number of halogens is 1. The number of nitrogen functional groups attached to an aromatic ring is 2. The van der Waals surface area contributed by atoms with Crippen LogP contribution >= 0.6 is 11.6 Å². The number of nitrogens with one attached hydrogen (secondary N) is 1. The summed E-state index contributed by atoms with van der Waals surface area (Å²) in [7, 11) is 1.91. The Morgan fingerprint density at radius 3 is 2.58 bits per heavy atom. The Balaban J connectivity index is 2.17. The SMILES string of the molecule is CN(Cc1ccc(Cl)cc1)c1cc(NN)nc(N)n1. The normalized spacial score (nSPS) is 10.3. The van der Waals surface area contributed by atoms with E-state index in [2.05, 4.69) is 15.4 Å². The predicted octanol–water partition coefficient (Wildman–Crippen LogP) is 1.63. The highest BCUT2D eigenvalue weighted by Gasteiger charge is 2.07. The lowest BCUT2D eigenvalue weighted by Gasteiger charge is -2.19. The third-order valence-corrected chi connectivity index (χ3v) is 2.85. The largest absolute Gasteiger partial charge is 0.368 e. The van der Waals surface area contributed by atoms with E-state index >= 15 is 0 Å². The van der Waals surface area contributed by atoms with Gasteiger partial charge in [-0.05, 0) is 17.7 Å². The van der Waals surface area contributed by atoms with Gasteiger partial charge in [0.2, 0.25) is 5.95 Å². The van der Waals surface area contributed by atoms with Crippen LogP contribution in [0.3, 0.4) is 0 Å².